The molecule has 0 saturated heterocycles. The number of hydrogen-bond acceptors (Lipinski definition) is 3. The molecule has 0 aliphatic heterocycles. The van der Waals surface area contributed by atoms with E-state index in [2.05, 4.69) is 0 Å². The van der Waals surface area contributed by atoms with Crippen molar-refractivity contribution in [2.45, 2.75) is 71.0 Å². The van der Waals surface area contributed by atoms with Crippen molar-refractivity contribution in [1.82, 2.24) is 0 Å². The number of aliphatic hydroxyl groups is 1. The second-order valence-corrected chi connectivity index (χ2v) is 5.04. The van der Waals surface area contributed by atoms with Crippen LogP contribution in [0.2, 0.25) is 0 Å². The molecule has 0 aliphatic carbocycles. The predicted octanol–water partition coefficient (Wildman–Crippen LogP) is 3.14. The lowest BCUT2D eigenvalue weighted by Gasteiger charge is -2.06. The van der Waals surface area contributed by atoms with Crippen molar-refractivity contribution in [2.24, 2.45) is 0 Å². The van der Waals surface area contributed by atoms with Crippen LogP contribution in [0.4, 0.5) is 0 Å². The molecule has 112 valence electrons. The van der Waals surface area contributed by atoms with Crippen molar-refractivity contribution >= 4 is 5.97 Å². The van der Waals surface area contributed by atoms with Crippen LogP contribution in [0.5, 0.6) is 0 Å². The summed E-state index contributed by atoms with van der Waals surface area (Å²) in [6, 6.07) is 0. The number of carboxylic acids is 1. The van der Waals surface area contributed by atoms with Crippen LogP contribution in [0.1, 0.15) is 58.8 Å². The fourth-order valence-electron chi connectivity index (χ4n) is 1.66. The lowest BCUT2D eigenvalue weighted by atomic mass is 10.1. The predicted molar refractivity (Wildman–Crippen MR) is 76.2 cm³/mol. The zero-order valence-corrected chi connectivity index (χ0v) is 12.2. The van der Waals surface area contributed by atoms with Gasteiger partial charge in [0.25, 0.3) is 0 Å². The normalized spacial score (nSPS) is 13.3. The van der Waals surface area contributed by atoms with Crippen molar-refractivity contribution in [2.75, 3.05) is 6.61 Å². The Hall–Kier alpha value is -0.870. The molecule has 19 heavy (non-hydrogen) atoms. The highest BCUT2D eigenvalue weighted by atomic mass is 16.5. The topological polar surface area (TPSA) is 66.8 Å². The van der Waals surface area contributed by atoms with Crippen LogP contribution in [0, 0.1) is 0 Å². The Morgan fingerprint density at radius 2 is 1.74 bits per heavy atom. The summed E-state index contributed by atoms with van der Waals surface area (Å²) < 4.78 is 5.46. The smallest absolute Gasteiger partial charge is 0.332 e. The molecule has 0 fully saturated rings. The van der Waals surface area contributed by atoms with E-state index in [9.17, 15) is 4.79 Å². The second-order valence-electron chi connectivity index (χ2n) is 5.04. The van der Waals surface area contributed by atoms with E-state index < -0.39 is 12.1 Å². The molecule has 1 unspecified atom stereocenters. The number of hydrogen-bond donors (Lipinski definition) is 2. The van der Waals surface area contributed by atoms with Crippen molar-refractivity contribution < 1.29 is 19.7 Å². The van der Waals surface area contributed by atoms with Gasteiger partial charge in [-0.2, -0.15) is 0 Å². The fraction of sp³-hybridized carbons (Fsp3) is 0.800. The number of unbranched alkanes of at least 4 members (excludes halogenated alkanes) is 5. The number of aliphatic carboxylic acids is 1. The van der Waals surface area contributed by atoms with Gasteiger partial charge in [-0.1, -0.05) is 31.4 Å². The summed E-state index contributed by atoms with van der Waals surface area (Å²) in [7, 11) is 0. The van der Waals surface area contributed by atoms with Crippen LogP contribution >= 0.6 is 0 Å². The lowest BCUT2D eigenvalue weighted by molar-refractivity contribution is -0.146. The largest absolute Gasteiger partial charge is 0.479 e. The Morgan fingerprint density at radius 1 is 1.11 bits per heavy atom. The Bertz CT molecular complexity index is 249. The number of aliphatic hydroxyl groups excluding tert-OH is 1. The molecule has 4 nitrogen and oxygen atoms in total. The Morgan fingerprint density at radius 3 is 2.37 bits per heavy atom. The highest BCUT2D eigenvalue weighted by Gasteiger charge is 2.09. The van der Waals surface area contributed by atoms with E-state index >= 15 is 0 Å². The molecule has 1 atom stereocenters. The summed E-state index contributed by atoms with van der Waals surface area (Å²) in [6.45, 7) is 4.95. The number of rotatable bonds is 12. The maximum Gasteiger partial charge on any atom is 0.332 e. The molecular formula is C15H28O4. The van der Waals surface area contributed by atoms with E-state index in [-0.39, 0.29) is 6.42 Å². The molecule has 0 aromatic heterocycles. The maximum atomic E-state index is 10.3. The molecule has 0 radical (unpaired) electrons. The Kier molecular flexibility index (Phi) is 11.6. The van der Waals surface area contributed by atoms with Gasteiger partial charge in [-0.25, -0.2) is 4.79 Å². The number of allylic oxidation sites excluding steroid dienone is 1. The standard InChI is InChI=1S/C15H28O4/c1-13(2)19-12-10-8-6-4-3-5-7-9-11-14(16)15(17)18/h7,9,13-14,16H,3-6,8,10-12H2,1-2H3,(H,17,18). The van der Waals surface area contributed by atoms with Crippen LogP contribution < -0.4 is 0 Å². The maximum absolute atomic E-state index is 10.3. The first-order valence-electron chi connectivity index (χ1n) is 7.21. The van der Waals surface area contributed by atoms with Crippen LogP contribution in [0.25, 0.3) is 0 Å². The minimum Gasteiger partial charge on any atom is -0.479 e. The molecule has 0 spiro atoms. The number of carboxylic acid groups (broad SMARTS) is 1. The van der Waals surface area contributed by atoms with Crippen molar-refractivity contribution in [3.05, 3.63) is 12.2 Å². The van der Waals surface area contributed by atoms with Crippen LogP contribution in [0.3, 0.4) is 0 Å². The number of ether oxygens (including phenoxy) is 1. The van der Waals surface area contributed by atoms with E-state index in [4.69, 9.17) is 14.9 Å². The van der Waals surface area contributed by atoms with E-state index in [0.29, 0.717) is 6.10 Å². The van der Waals surface area contributed by atoms with Crippen LogP contribution in [-0.2, 0) is 9.53 Å². The van der Waals surface area contributed by atoms with E-state index in [0.717, 1.165) is 25.9 Å². The zero-order valence-electron chi connectivity index (χ0n) is 12.2. The van der Waals surface area contributed by atoms with Gasteiger partial charge in [-0.3, -0.25) is 0 Å². The van der Waals surface area contributed by atoms with E-state index in [1.165, 1.54) is 19.3 Å². The number of carbonyl (C=O) groups is 1. The fourth-order valence-corrected chi connectivity index (χ4v) is 1.66. The highest BCUT2D eigenvalue weighted by Crippen LogP contribution is 2.07. The third-order valence-corrected chi connectivity index (χ3v) is 2.78. The van der Waals surface area contributed by atoms with Gasteiger partial charge >= 0.3 is 5.97 Å². The molecular weight excluding hydrogens is 244 g/mol. The first-order valence-corrected chi connectivity index (χ1v) is 7.21. The van der Waals surface area contributed by atoms with E-state index in [1.807, 2.05) is 19.9 Å². The van der Waals surface area contributed by atoms with Crippen LogP contribution in [-0.4, -0.2) is 35.0 Å². The molecule has 4 heteroatoms. The van der Waals surface area contributed by atoms with Gasteiger partial charge in [0.2, 0.25) is 0 Å². The van der Waals surface area contributed by atoms with Crippen molar-refractivity contribution in [3.8, 4) is 0 Å². The molecule has 0 saturated carbocycles. The van der Waals surface area contributed by atoms with Crippen molar-refractivity contribution in [3.63, 3.8) is 0 Å². The van der Waals surface area contributed by atoms with Gasteiger partial charge in [-0.05, 0) is 33.1 Å². The minimum absolute atomic E-state index is 0.196. The average molecular weight is 272 g/mol. The highest BCUT2D eigenvalue weighted by molar-refractivity contribution is 5.72. The molecule has 2 N–H and O–H groups in total. The average Bonchev–Trinajstić information content (AvgIpc) is 2.35. The Labute approximate surface area is 116 Å². The minimum atomic E-state index is -1.27. The van der Waals surface area contributed by atoms with Gasteiger partial charge in [0.15, 0.2) is 6.10 Å². The first kappa shape index (κ1) is 18.1. The molecule has 0 bridgehead atoms. The summed E-state index contributed by atoms with van der Waals surface area (Å²) in [6.07, 6.45) is 9.75. The summed E-state index contributed by atoms with van der Waals surface area (Å²) in [4.78, 5) is 10.3. The van der Waals surface area contributed by atoms with Gasteiger partial charge in [-0.15, -0.1) is 0 Å². The molecule has 0 aromatic rings. The van der Waals surface area contributed by atoms with Gasteiger partial charge in [0.1, 0.15) is 0 Å². The zero-order chi connectivity index (χ0) is 14.5. The van der Waals surface area contributed by atoms with Crippen molar-refractivity contribution in [1.29, 1.82) is 0 Å². The lowest BCUT2D eigenvalue weighted by Crippen LogP contribution is -2.17. The quantitative estimate of drug-likeness (QED) is 0.423. The summed E-state index contributed by atoms with van der Waals surface area (Å²) in [5.74, 6) is -1.16. The molecule has 0 rings (SSSR count). The van der Waals surface area contributed by atoms with Gasteiger partial charge < -0.3 is 14.9 Å². The summed E-state index contributed by atoms with van der Waals surface area (Å²) in [5, 5.41) is 17.5. The third kappa shape index (κ3) is 13.4. The van der Waals surface area contributed by atoms with Crippen LogP contribution in [0.15, 0.2) is 12.2 Å². The second kappa shape index (κ2) is 12.2. The molecule has 0 aromatic carbocycles. The van der Waals surface area contributed by atoms with Gasteiger partial charge in [0, 0.05) is 13.0 Å². The first-order chi connectivity index (χ1) is 9.04. The van der Waals surface area contributed by atoms with Gasteiger partial charge in [0.05, 0.1) is 6.10 Å². The molecule has 0 heterocycles. The van der Waals surface area contributed by atoms with E-state index in [1.54, 1.807) is 6.08 Å². The molecule has 0 amide bonds. The summed E-state index contributed by atoms with van der Waals surface area (Å²) >= 11 is 0. The SMILES string of the molecule is CC(C)OCCCCCCCC=CCC(O)C(=O)O. The third-order valence-electron chi connectivity index (χ3n) is 2.78. The monoisotopic (exact) mass is 272 g/mol. The summed E-state index contributed by atoms with van der Waals surface area (Å²) in [5.41, 5.74) is 0. The Balaban J connectivity index is 3.22. The molecule has 0 aliphatic rings.